The second-order valence-electron chi connectivity index (χ2n) is 6.25. The van der Waals surface area contributed by atoms with Gasteiger partial charge in [-0.2, -0.15) is 0 Å². The molecule has 0 aliphatic heterocycles. The maximum Gasteiger partial charge on any atom is 0.134 e. The highest BCUT2D eigenvalue weighted by Gasteiger charge is 2.23. The predicted molar refractivity (Wildman–Crippen MR) is 63.6 cm³/mol. The maximum absolute atomic E-state index is 11.6. The van der Waals surface area contributed by atoms with Gasteiger partial charge in [-0.25, -0.2) is 0 Å². The highest BCUT2D eigenvalue weighted by atomic mass is 16.1. The molecule has 0 heterocycles. The highest BCUT2D eigenvalue weighted by Crippen LogP contribution is 2.33. The molecule has 15 heavy (non-hydrogen) atoms. The van der Waals surface area contributed by atoms with E-state index in [-0.39, 0.29) is 11.5 Å². The van der Waals surface area contributed by atoms with Gasteiger partial charge in [-0.05, 0) is 24.2 Å². The van der Waals surface area contributed by atoms with Crippen molar-refractivity contribution >= 4 is 5.78 Å². The minimum absolute atomic E-state index is 0.0525. The first-order valence-electron chi connectivity index (χ1n) is 6.14. The normalized spacial score (nSPS) is 18.9. The summed E-state index contributed by atoms with van der Waals surface area (Å²) < 4.78 is 0. The van der Waals surface area contributed by atoms with Gasteiger partial charge in [0.1, 0.15) is 5.78 Å². The minimum Gasteiger partial charge on any atom is -0.327 e. The van der Waals surface area contributed by atoms with Crippen LogP contribution >= 0.6 is 0 Å². The standard InChI is InChI=1S/C13H25NO/c1-13(2,3)9-11(14)8-12(15)7-6-10-4-5-10/h10-11H,4-9,14H2,1-3H3. The molecular formula is C13H25NO. The van der Waals surface area contributed by atoms with E-state index in [4.69, 9.17) is 5.73 Å². The topological polar surface area (TPSA) is 43.1 Å². The van der Waals surface area contributed by atoms with Gasteiger partial charge < -0.3 is 5.73 Å². The van der Waals surface area contributed by atoms with Crippen LogP contribution in [0.4, 0.5) is 0 Å². The number of carbonyl (C=O) groups excluding carboxylic acids is 1. The molecule has 0 aromatic carbocycles. The molecule has 2 nitrogen and oxygen atoms in total. The van der Waals surface area contributed by atoms with Crippen LogP contribution in [0.1, 0.15) is 59.3 Å². The summed E-state index contributed by atoms with van der Waals surface area (Å²) in [7, 11) is 0. The van der Waals surface area contributed by atoms with Gasteiger partial charge in [-0.1, -0.05) is 33.6 Å². The largest absolute Gasteiger partial charge is 0.327 e. The van der Waals surface area contributed by atoms with Crippen LogP contribution < -0.4 is 5.73 Å². The zero-order chi connectivity index (χ0) is 11.5. The van der Waals surface area contributed by atoms with Crippen LogP contribution in [0.5, 0.6) is 0 Å². The van der Waals surface area contributed by atoms with E-state index in [0.717, 1.165) is 25.2 Å². The third-order valence-corrected chi connectivity index (χ3v) is 2.89. The van der Waals surface area contributed by atoms with Crippen molar-refractivity contribution < 1.29 is 4.79 Å². The first kappa shape index (κ1) is 12.7. The molecule has 2 heteroatoms. The molecule has 0 bridgehead atoms. The van der Waals surface area contributed by atoms with Crippen LogP contribution in [0, 0.1) is 11.3 Å². The van der Waals surface area contributed by atoms with Crippen molar-refractivity contribution in [1.82, 2.24) is 0 Å². The van der Waals surface area contributed by atoms with Crippen LogP contribution in [0.2, 0.25) is 0 Å². The number of hydrogen-bond donors (Lipinski definition) is 1. The molecule has 1 aliphatic carbocycles. The summed E-state index contributed by atoms with van der Waals surface area (Å²) in [5.74, 6) is 1.21. The minimum atomic E-state index is 0.0525. The fourth-order valence-corrected chi connectivity index (χ4v) is 2.02. The molecule has 0 radical (unpaired) electrons. The number of nitrogens with two attached hydrogens (primary N) is 1. The monoisotopic (exact) mass is 211 g/mol. The summed E-state index contributed by atoms with van der Waals surface area (Å²) in [5.41, 5.74) is 6.19. The lowest BCUT2D eigenvalue weighted by molar-refractivity contribution is -0.119. The number of Topliss-reactive ketones (excluding diaryl/α,β-unsaturated/α-hetero) is 1. The molecule has 2 N–H and O–H groups in total. The molecule has 0 spiro atoms. The average molecular weight is 211 g/mol. The molecule has 0 aromatic rings. The number of carbonyl (C=O) groups is 1. The quantitative estimate of drug-likeness (QED) is 0.734. The Bertz CT molecular complexity index is 213. The van der Waals surface area contributed by atoms with Gasteiger partial charge in [-0.3, -0.25) is 4.79 Å². The van der Waals surface area contributed by atoms with E-state index in [9.17, 15) is 4.79 Å². The Morgan fingerprint density at radius 3 is 2.47 bits per heavy atom. The number of ketones is 1. The molecule has 88 valence electrons. The van der Waals surface area contributed by atoms with Gasteiger partial charge in [0.05, 0.1) is 0 Å². The van der Waals surface area contributed by atoms with E-state index in [0.29, 0.717) is 12.2 Å². The lowest BCUT2D eigenvalue weighted by Gasteiger charge is -2.22. The van der Waals surface area contributed by atoms with Crippen molar-refractivity contribution in [1.29, 1.82) is 0 Å². The van der Waals surface area contributed by atoms with Crippen LogP contribution in [0.25, 0.3) is 0 Å². The van der Waals surface area contributed by atoms with Gasteiger partial charge in [0, 0.05) is 18.9 Å². The molecular weight excluding hydrogens is 186 g/mol. The molecule has 0 aromatic heterocycles. The second-order valence-corrected chi connectivity index (χ2v) is 6.25. The van der Waals surface area contributed by atoms with Crippen molar-refractivity contribution in [2.75, 3.05) is 0 Å². The Morgan fingerprint density at radius 2 is 2.00 bits per heavy atom. The first-order valence-corrected chi connectivity index (χ1v) is 6.14. The summed E-state index contributed by atoms with van der Waals surface area (Å²) >= 11 is 0. The van der Waals surface area contributed by atoms with E-state index < -0.39 is 0 Å². The maximum atomic E-state index is 11.6. The zero-order valence-electron chi connectivity index (χ0n) is 10.4. The lowest BCUT2D eigenvalue weighted by Crippen LogP contribution is -2.28. The summed E-state index contributed by atoms with van der Waals surface area (Å²) in [5, 5.41) is 0. The van der Waals surface area contributed by atoms with Crippen molar-refractivity contribution in [2.24, 2.45) is 17.1 Å². The van der Waals surface area contributed by atoms with Crippen molar-refractivity contribution in [3.8, 4) is 0 Å². The van der Waals surface area contributed by atoms with E-state index in [1.54, 1.807) is 0 Å². The molecule has 1 unspecified atom stereocenters. The summed E-state index contributed by atoms with van der Waals surface area (Å²) in [6, 6.07) is 0.0525. The fraction of sp³-hybridized carbons (Fsp3) is 0.923. The summed E-state index contributed by atoms with van der Waals surface area (Å²) in [6.07, 6.45) is 6.03. The highest BCUT2D eigenvalue weighted by molar-refractivity contribution is 5.78. The predicted octanol–water partition coefficient (Wildman–Crippen LogP) is 2.90. The molecule has 0 amide bonds. The summed E-state index contributed by atoms with van der Waals surface area (Å²) in [4.78, 5) is 11.6. The van der Waals surface area contributed by atoms with E-state index in [1.807, 2.05) is 0 Å². The molecule has 1 aliphatic rings. The van der Waals surface area contributed by atoms with Crippen LogP contribution in [0.15, 0.2) is 0 Å². The zero-order valence-corrected chi connectivity index (χ0v) is 10.4. The third kappa shape index (κ3) is 6.67. The third-order valence-electron chi connectivity index (χ3n) is 2.89. The first-order chi connectivity index (χ1) is 6.87. The Morgan fingerprint density at radius 1 is 1.40 bits per heavy atom. The molecule has 1 saturated carbocycles. The van der Waals surface area contributed by atoms with Crippen LogP contribution in [-0.2, 0) is 4.79 Å². The van der Waals surface area contributed by atoms with Crippen LogP contribution in [-0.4, -0.2) is 11.8 Å². The fourth-order valence-electron chi connectivity index (χ4n) is 2.02. The van der Waals surface area contributed by atoms with Crippen molar-refractivity contribution in [3.63, 3.8) is 0 Å². The van der Waals surface area contributed by atoms with Crippen LogP contribution in [0.3, 0.4) is 0 Å². The average Bonchev–Trinajstić information content (AvgIpc) is 2.79. The van der Waals surface area contributed by atoms with Gasteiger partial charge >= 0.3 is 0 Å². The molecule has 1 fully saturated rings. The second kappa shape index (κ2) is 5.11. The van der Waals surface area contributed by atoms with Gasteiger partial charge in [0.2, 0.25) is 0 Å². The summed E-state index contributed by atoms with van der Waals surface area (Å²) in [6.45, 7) is 6.50. The van der Waals surface area contributed by atoms with Crippen molar-refractivity contribution in [2.45, 2.75) is 65.3 Å². The smallest absolute Gasteiger partial charge is 0.134 e. The molecule has 1 atom stereocenters. The molecule has 1 rings (SSSR count). The van der Waals surface area contributed by atoms with Crippen molar-refractivity contribution in [3.05, 3.63) is 0 Å². The number of hydrogen-bond acceptors (Lipinski definition) is 2. The van der Waals surface area contributed by atoms with Gasteiger partial charge in [-0.15, -0.1) is 0 Å². The Hall–Kier alpha value is -0.370. The Kier molecular flexibility index (Phi) is 4.32. The SMILES string of the molecule is CC(C)(C)CC(N)CC(=O)CCC1CC1. The van der Waals surface area contributed by atoms with Gasteiger partial charge in [0.25, 0.3) is 0 Å². The van der Waals surface area contributed by atoms with E-state index in [2.05, 4.69) is 20.8 Å². The lowest BCUT2D eigenvalue weighted by atomic mass is 9.86. The van der Waals surface area contributed by atoms with E-state index >= 15 is 0 Å². The Labute approximate surface area is 93.6 Å². The molecule has 0 saturated heterocycles. The Balaban J connectivity index is 2.12. The van der Waals surface area contributed by atoms with Gasteiger partial charge in [0.15, 0.2) is 0 Å². The number of rotatable bonds is 6. The van der Waals surface area contributed by atoms with E-state index in [1.165, 1.54) is 12.8 Å².